The van der Waals surface area contributed by atoms with Crippen molar-refractivity contribution in [1.82, 2.24) is 0 Å². The number of para-hydroxylation sites is 2. The van der Waals surface area contributed by atoms with E-state index in [4.69, 9.17) is 5.73 Å². The Hall–Kier alpha value is -3.47. The van der Waals surface area contributed by atoms with Crippen molar-refractivity contribution >= 4 is 22.9 Å². The SMILES string of the molecule is Nc1ccccc1NN=C(N=Nc1ccccc1)c1ccccc1. The van der Waals surface area contributed by atoms with Crippen molar-refractivity contribution in [3.05, 3.63) is 90.5 Å². The van der Waals surface area contributed by atoms with Crippen molar-refractivity contribution in [2.45, 2.75) is 0 Å². The zero-order valence-electron chi connectivity index (χ0n) is 13.0. The van der Waals surface area contributed by atoms with Crippen LogP contribution in [0, 0.1) is 0 Å². The van der Waals surface area contributed by atoms with Gasteiger partial charge in [-0.3, -0.25) is 5.43 Å². The van der Waals surface area contributed by atoms with E-state index in [1.807, 2.05) is 84.9 Å². The molecule has 118 valence electrons. The fraction of sp³-hybridized carbons (Fsp3) is 0. The summed E-state index contributed by atoms with van der Waals surface area (Å²) < 4.78 is 0. The maximum absolute atomic E-state index is 5.92. The molecule has 3 N–H and O–H groups in total. The summed E-state index contributed by atoms with van der Waals surface area (Å²) in [4.78, 5) is 0. The minimum atomic E-state index is 0.475. The van der Waals surface area contributed by atoms with Crippen LogP contribution in [0.1, 0.15) is 5.56 Å². The third-order valence-corrected chi connectivity index (χ3v) is 3.29. The van der Waals surface area contributed by atoms with E-state index in [2.05, 4.69) is 20.8 Å². The van der Waals surface area contributed by atoms with E-state index >= 15 is 0 Å². The highest BCUT2D eigenvalue weighted by atomic mass is 15.3. The monoisotopic (exact) mass is 315 g/mol. The minimum absolute atomic E-state index is 0.475. The molecule has 0 saturated heterocycles. The quantitative estimate of drug-likeness (QED) is 0.238. The Kier molecular flexibility index (Phi) is 4.94. The van der Waals surface area contributed by atoms with Crippen LogP contribution in [0.4, 0.5) is 17.1 Å². The molecule has 0 aromatic heterocycles. The first-order valence-corrected chi connectivity index (χ1v) is 7.53. The number of nitrogens with one attached hydrogen (secondary N) is 1. The Morgan fingerprint density at radius 1 is 0.750 bits per heavy atom. The van der Waals surface area contributed by atoms with Crippen molar-refractivity contribution in [2.75, 3.05) is 11.2 Å². The number of azo groups is 1. The normalized spacial score (nSPS) is 11.6. The van der Waals surface area contributed by atoms with Crippen molar-refractivity contribution in [3.8, 4) is 0 Å². The van der Waals surface area contributed by atoms with Crippen LogP contribution in [0.3, 0.4) is 0 Å². The summed E-state index contributed by atoms with van der Waals surface area (Å²) >= 11 is 0. The van der Waals surface area contributed by atoms with E-state index in [1.54, 1.807) is 0 Å². The number of nitrogens with zero attached hydrogens (tertiary/aromatic N) is 3. The molecule has 0 unspecified atom stereocenters. The fourth-order valence-electron chi connectivity index (χ4n) is 2.04. The van der Waals surface area contributed by atoms with Crippen molar-refractivity contribution in [3.63, 3.8) is 0 Å². The number of rotatable bonds is 4. The number of hydrogen-bond donors (Lipinski definition) is 2. The highest BCUT2D eigenvalue weighted by Gasteiger charge is 2.03. The maximum atomic E-state index is 5.92. The molecule has 5 heteroatoms. The molecule has 0 radical (unpaired) electrons. The second-order valence-corrected chi connectivity index (χ2v) is 5.04. The van der Waals surface area contributed by atoms with Crippen LogP contribution in [0.2, 0.25) is 0 Å². The van der Waals surface area contributed by atoms with Gasteiger partial charge in [0.2, 0.25) is 5.84 Å². The molecule has 0 aliphatic carbocycles. The molecule has 3 rings (SSSR count). The Labute approximate surface area is 140 Å². The second kappa shape index (κ2) is 7.69. The first-order chi connectivity index (χ1) is 11.8. The van der Waals surface area contributed by atoms with Gasteiger partial charge in [0, 0.05) is 5.56 Å². The second-order valence-electron chi connectivity index (χ2n) is 5.04. The highest BCUT2D eigenvalue weighted by Crippen LogP contribution is 2.17. The topological polar surface area (TPSA) is 75.1 Å². The number of nitrogens with two attached hydrogens (primary N) is 1. The van der Waals surface area contributed by atoms with Crippen LogP contribution in [0.5, 0.6) is 0 Å². The molecule has 0 amide bonds. The molecule has 0 aliphatic heterocycles. The molecule has 0 saturated carbocycles. The van der Waals surface area contributed by atoms with Crippen LogP contribution in [-0.2, 0) is 0 Å². The van der Waals surface area contributed by atoms with Crippen molar-refractivity contribution in [2.24, 2.45) is 15.3 Å². The number of anilines is 2. The largest absolute Gasteiger partial charge is 0.397 e. The molecule has 0 spiro atoms. The maximum Gasteiger partial charge on any atom is 0.201 e. The number of amidine groups is 1. The Morgan fingerprint density at radius 3 is 2.08 bits per heavy atom. The molecule has 3 aromatic rings. The number of hydrazone groups is 1. The van der Waals surface area contributed by atoms with Crippen molar-refractivity contribution < 1.29 is 0 Å². The Morgan fingerprint density at radius 2 is 1.38 bits per heavy atom. The van der Waals surface area contributed by atoms with Gasteiger partial charge in [0.1, 0.15) is 0 Å². The zero-order valence-corrected chi connectivity index (χ0v) is 13.0. The lowest BCUT2D eigenvalue weighted by atomic mass is 10.2. The molecule has 0 atom stereocenters. The van der Waals surface area contributed by atoms with Crippen molar-refractivity contribution in [1.29, 1.82) is 0 Å². The number of benzene rings is 3. The minimum Gasteiger partial charge on any atom is -0.397 e. The van der Waals surface area contributed by atoms with E-state index in [0.29, 0.717) is 11.5 Å². The Bertz CT molecular complexity index is 842. The molecular weight excluding hydrogens is 298 g/mol. The van der Waals surface area contributed by atoms with E-state index < -0.39 is 0 Å². The third kappa shape index (κ3) is 4.04. The van der Waals surface area contributed by atoms with Gasteiger partial charge in [-0.15, -0.1) is 10.2 Å². The number of hydrogen-bond acceptors (Lipinski definition) is 4. The molecule has 24 heavy (non-hydrogen) atoms. The summed E-state index contributed by atoms with van der Waals surface area (Å²) in [5, 5.41) is 12.9. The summed E-state index contributed by atoms with van der Waals surface area (Å²) in [5.41, 5.74) is 11.8. The van der Waals surface area contributed by atoms with Gasteiger partial charge in [0.15, 0.2) is 0 Å². The molecule has 5 nitrogen and oxygen atoms in total. The summed E-state index contributed by atoms with van der Waals surface area (Å²) in [6.07, 6.45) is 0. The van der Waals surface area contributed by atoms with Gasteiger partial charge in [-0.25, -0.2) is 0 Å². The third-order valence-electron chi connectivity index (χ3n) is 3.29. The van der Waals surface area contributed by atoms with Gasteiger partial charge in [0.05, 0.1) is 17.1 Å². The lowest BCUT2D eigenvalue weighted by Crippen LogP contribution is -2.02. The van der Waals surface area contributed by atoms with Gasteiger partial charge in [-0.2, -0.15) is 5.10 Å². The van der Waals surface area contributed by atoms with E-state index in [1.165, 1.54) is 0 Å². The first kappa shape index (κ1) is 15.4. The van der Waals surface area contributed by atoms with Crippen LogP contribution >= 0.6 is 0 Å². The van der Waals surface area contributed by atoms with Crippen LogP contribution < -0.4 is 11.2 Å². The molecule has 0 heterocycles. The van der Waals surface area contributed by atoms with Gasteiger partial charge in [-0.05, 0) is 24.3 Å². The predicted molar refractivity (Wildman–Crippen MR) is 98.4 cm³/mol. The van der Waals surface area contributed by atoms with E-state index in [-0.39, 0.29) is 0 Å². The zero-order chi connectivity index (χ0) is 16.6. The standard InChI is InChI=1S/C19H17N5/c20-17-13-7-8-14-18(17)22-24-19(15-9-3-1-4-10-15)23-21-16-11-5-2-6-12-16/h1-14,22H,20H2. The van der Waals surface area contributed by atoms with Gasteiger partial charge in [0.25, 0.3) is 0 Å². The highest BCUT2D eigenvalue weighted by molar-refractivity contribution is 5.99. The summed E-state index contributed by atoms with van der Waals surface area (Å²) in [6.45, 7) is 0. The van der Waals surface area contributed by atoms with Crippen LogP contribution in [0.25, 0.3) is 0 Å². The van der Waals surface area contributed by atoms with Crippen LogP contribution in [-0.4, -0.2) is 5.84 Å². The molecular formula is C19H17N5. The predicted octanol–water partition coefficient (Wildman–Crippen LogP) is 4.83. The van der Waals surface area contributed by atoms with Gasteiger partial charge in [-0.1, -0.05) is 60.7 Å². The lowest BCUT2D eigenvalue weighted by Gasteiger charge is -2.05. The smallest absolute Gasteiger partial charge is 0.201 e. The van der Waals surface area contributed by atoms with Gasteiger partial charge < -0.3 is 5.73 Å². The fourth-order valence-corrected chi connectivity index (χ4v) is 2.04. The number of nitrogen functional groups attached to an aromatic ring is 1. The molecule has 0 bridgehead atoms. The molecule has 0 aliphatic rings. The summed E-state index contributed by atoms with van der Waals surface area (Å²) in [7, 11) is 0. The molecule has 3 aromatic carbocycles. The average Bonchev–Trinajstić information content (AvgIpc) is 2.65. The van der Waals surface area contributed by atoms with Gasteiger partial charge >= 0.3 is 0 Å². The van der Waals surface area contributed by atoms with E-state index in [9.17, 15) is 0 Å². The summed E-state index contributed by atoms with van der Waals surface area (Å²) in [6, 6.07) is 26.6. The Balaban J connectivity index is 1.89. The lowest BCUT2D eigenvalue weighted by molar-refractivity contribution is 1.22. The summed E-state index contributed by atoms with van der Waals surface area (Å²) in [5.74, 6) is 0.475. The average molecular weight is 315 g/mol. The van der Waals surface area contributed by atoms with E-state index in [0.717, 1.165) is 16.9 Å². The molecule has 0 fully saturated rings. The van der Waals surface area contributed by atoms with Crippen LogP contribution in [0.15, 0.2) is 100 Å². The first-order valence-electron chi connectivity index (χ1n) is 7.53.